The topological polar surface area (TPSA) is 53.6 Å². The number of benzene rings is 1. The van der Waals surface area contributed by atoms with Crippen molar-refractivity contribution in [3.8, 4) is 0 Å². The number of carbonyl (C=O) groups excluding carboxylic acids is 1. The van der Waals surface area contributed by atoms with E-state index >= 15 is 0 Å². The second-order valence-corrected chi connectivity index (χ2v) is 6.91. The maximum Gasteiger partial charge on any atom is 0.315 e. The average Bonchev–Trinajstić information content (AvgIpc) is 3.12. The summed E-state index contributed by atoms with van der Waals surface area (Å²) in [6.45, 7) is 6.46. The monoisotopic (exact) mass is 331 g/mol. The molecule has 2 N–H and O–H groups in total. The van der Waals surface area contributed by atoms with Crippen LogP contribution in [0.4, 0.5) is 4.79 Å². The molecule has 2 saturated heterocycles. The van der Waals surface area contributed by atoms with Gasteiger partial charge in [0, 0.05) is 25.8 Å². The van der Waals surface area contributed by atoms with Crippen molar-refractivity contribution < 1.29 is 9.53 Å². The van der Waals surface area contributed by atoms with Gasteiger partial charge in [-0.1, -0.05) is 29.8 Å². The Morgan fingerprint density at radius 2 is 1.88 bits per heavy atom. The number of aryl methyl sites for hydroxylation is 1. The Morgan fingerprint density at radius 3 is 2.54 bits per heavy atom. The van der Waals surface area contributed by atoms with Crippen LogP contribution in [-0.2, 0) is 4.74 Å². The van der Waals surface area contributed by atoms with Crippen LogP contribution >= 0.6 is 0 Å². The van der Waals surface area contributed by atoms with E-state index in [1.165, 1.54) is 24.0 Å². The van der Waals surface area contributed by atoms with E-state index < -0.39 is 0 Å². The minimum Gasteiger partial charge on any atom is -0.381 e. The molecule has 3 rings (SSSR count). The predicted molar refractivity (Wildman–Crippen MR) is 95.1 cm³/mol. The Kier molecular flexibility index (Phi) is 6.10. The van der Waals surface area contributed by atoms with E-state index in [9.17, 15) is 4.79 Å². The first kappa shape index (κ1) is 17.2. The second-order valence-electron chi connectivity index (χ2n) is 6.91. The van der Waals surface area contributed by atoms with Crippen molar-refractivity contribution in [1.82, 2.24) is 15.5 Å². The Labute approximate surface area is 144 Å². The van der Waals surface area contributed by atoms with Gasteiger partial charge in [0.2, 0.25) is 0 Å². The number of likely N-dealkylation sites (tertiary alicyclic amines) is 1. The number of ether oxygens (including phenoxy) is 1. The highest BCUT2D eigenvalue weighted by Crippen LogP contribution is 2.24. The zero-order chi connectivity index (χ0) is 16.8. The van der Waals surface area contributed by atoms with E-state index in [0.717, 1.165) is 39.1 Å². The maximum absolute atomic E-state index is 12.2. The van der Waals surface area contributed by atoms with Crippen molar-refractivity contribution in [2.75, 3.05) is 32.8 Å². The highest BCUT2D eigenvalue weighted by atomic mass is 16.5. The number of nitrogens with one attached hydrogen (secondary N) is 2. The van der Waals surface area contributed by atoms with Gasteiger partial charge in [-0.15, -0.1) is 0 Å². The summed E-state index contributed by atoms with van der Waals surface area (Å²) in [6.07, 6.45) is 4.30. The van der Waals surface area contributed by atoms with Crippen LogP contribution in [0, 0.1) is 6.92 Å². The van der Waals surface area contributed by atoms with Gasteiger partial charge in [0.25, 0.3) is 0 Å². The fraction of sp³-hybridized carbons (Fsp3) is 0.632. The number of nitrogens with zero attached hydrogens (tertiary/aromatic N) is 1. The lowest BCUT2D eigenvalue weighted by molar-refractivity contribution is 0.0800. The summed E-state index contributed by atoms with van der Waals surface area (Å²) in [5.74, 6) is 0. The summed E-state index contributed by atoms with van der Waals surface area (Å²) in [7, 11) is 0. The lowest BCUT2D eigenvalue weighted by Crippen LogP contribution is -2.46. The maximum atomic E-state index is 12.2. The number of hydrogen-bond donors (Lipinski definition) is 2. The van der Waals surface area contributed by atoms with Crippen molar-refractivity contribution in [1.29, 1.82) is 0 Å². The summed E-state index contributed by atoms with van der Waals surface area (Å²) in [5.41, 5.74) is 2.55. The summed E-state index contributed by atoms with van der Waals surface area (Å²) in [4.78, 5) is 14.7. The largest absolute Gasteiger partial charge is 0.381 e. The highest BCUT2D eigenvalue weighted by molar-refractivity contribution is 5.74. The van der Waals surface area contributed by atoms with Gasteiger partial charge in [0.05, 0.1) is 6.04 Å². The van der Waals surface area contributed by atoms with E-state index in [4.69, 9.17) is 4.74 Å². The first-order valence-corrected chi connectivity index (χ1v) is 9.15. The number of hydrogen-bond acceptors (Lipinski definition) is 3. The molecule has 0 bridgehead atoms. The van der Waals surface area contributed by atoms with Crippen LogP contribution in [-0.4, -0.2) is 49.8 Å². The minimum absolute atomic E-state index is 0.0572. The molecule has 0 radical (unpaired) electrons. The van der Waals surface area contributed by atoms with E-state index in [2.05, 4.69) is 46.7 Å². The van der Waals surface area contributed by atoms with E-state index in [1.807, 2.05) is 0 Å². The van der Waals surface area contributed by atoms with Crippen molar-refractivity contribution in [3.05, 3.63) is 35.4 Å². The normalized spacial score (nSPS) is 20.7. The molecular formula is C19H29N3O2. The van der Waals surface area contributed by atoms with Crippen LogP contribution in [0.2, 0.25) is 0 Å². The Balaban J connectivity index is 1.57. The molecule has 0 aliphatic carbocycles. The third-order valence-corrected chi connectivity index (χ3v) is 5.06. The van der Waals surface area contributed by atoms with Gasteiger partial charge in [-0.2, -0.15) is 0 Å². The summed E-state index contributed by atoms with van der Waals surface area (Å²) in [5, 5.41) is 6.16. The molecular weight excluding hydrogens is 302 g/mol. The Morgan fingerprint density at radius 1 is 1.21 bits per heavy atom. The molecule has 2 fully saturated rings. The first-order valence-electron chi connectivity index (χ1n) is 9.15. The highest BCUT2D eigenvalue weighted by Gasteiger charge is 2.24. The second kappa shape index (κ2) is 8.49. The van der Waals surface area contributed by atoms with Crippen LogP contribution in [0.15, 0.2) is 24.3 Å². The lowest BCUT2D eigenvalue weighted by Gasteiger charge is -2.29. The summed E-state index contributed by atoms with van der Waals surface area (Å²) < 4.78 is 5.34. The molecule has 0 aromatic heterocycles. The summed E-state index contributed by atoms with van der Waals surface area (Å²) in [6, 6.07) is 9.13. The van der Waals surface area contributed by atoms with Crippen LogP contribution in [0.3, 0.4) is 0 Å². The van der Waals surface area contributed by atoms with E-state index in [0.29, 0.717) is 6.54 Å². The molecule has 132 valence electrons. The van der Waals surface area contributed by atoms with Gasteiger partial charge in [0.15, 0.2) is 0 Å². The number of rotatable bonds is 5. The molecule has 5 heteroatoms. The van der Waals surface area contributed by atoms with Crippen molar-refractivity contribution in [2.45, 2.75) is 44.7 Å². The van der Waals surface area contributed by atoms with Gasteiger partial charge in [-0.05, 0) is 51.3 Å². The van der Waals surface area contributed by atoms with Gasteiger partial charge in [0.1, 0.15) is 0 Å². The SMILES string of the molecule is Cc1ccc(C(CNC(=O)NC2CCOCC2)N2CCCC2)cc1. The average molecular weight is 331 g/mol. The molecule has 2 aliphatic rings. The molecule has 5 nitrogen and oxygen atoms in total. The molecule has 1 aromatic rings. The summed E-state index contributed by atoms with van der Waals surface area (Å²) >= 11 is 0. The van der Waals surface area contributed by atoms with Crippen molar-refractivity contribution >= 4 is 6.03 Å². The quantitative estimate of drug-likeness (QED) is 0.872. The zero-order valence-corrected chi connectivity index (χ0v) is 14.6. The van der Waals surface area contributed by atoms with Gasteiger partial charge in [-0.3, -0.25) is 4.90 Å². The molecule has 2 aliphatic heterocycles. The van der Waals surface area contributed by atoms with Gasteiger partial charge in [-0.25, -0.2) is 4.79 Å². The third-order valence-electron chi connectivity index (χ3n) is 5.06. The molecule has 1 aromatic carbocycles. The van der Waals surface area contributed by atoms with Crippen LogP contribution < -0.4 is 10.6 Å². The van der Waals surface area contributed by atoms with Gasteiger partial charge < -0.3 is 15.4 Å². The van der Waals surface area contributed by atoms with E-state index in [-0.39, 0.29) is 18.1 Å². The Bertz CT molecular complexity index is 520. The third kappa shape index (κ3) is 4.71. The molecule has 2 amide bonds. The Hall–Kier alpha value is -1.59. The molecule has 2 heterocycles. The lowest BCUT2D eigenvalue weighted by atomic mass is 10.0. The zero-order valence-electron chi connectivity index (χ0n) is 14.6. The number of amides is 2. The standard InChI is InChI=1S/C19H29N3O2/c1-15-4-6-16(7-5-15)18(22-10-2-3-11-22)14-20-19(23)21-17-8-12-24-13-9-17/h4-7,17-18H,2-3,8-14H2,1H3,(H2,20,21,23). The smallest absolute Gasteiger partial charge is 0.315 e. The minimum atomic E-state index is -0.0572. The van der Waals surface area contributed by atoms with Crippen LogP contribution in [0.1, 0.15) is 42.9 Å². The fourth-order valence-corrected chi connectivity index (χ4v) is 3.57. The molecule has 24 heavy (non-hydrogen) atoms. The predicted octanol–water partition coefficient (Wildman–Crippen LogP) is 2.61. The van der Waals surface area contributed by atoms with Crippen LogP contribution in [0.25, 0.3) is 0 Å². The van der Waals surface area contributed by atoms with Crippen molar-refractivity contribution in [3.63, 3.8) is 0 Å². The molecule has 1 atom stereocenters. The molecule has 0 saturated carbocycles. The molecule has 0 spiro atoms. The van der Waals surface area contributed by atoms with E-state index in [1.54, 1.807) is 0 Å². The fourth-order valence-electron chi connectivity index (χ4n) is 3.57. The first-order chi connectivity index (χ1) is 11.7. The number of carbonyl (C=O) groups is 1. The van der Waals surface area contributed by atoms with Crippen molar-refractivity contribution in [2.24, 2.45) is 0 Å². The van der Waals surface area contributed by atoms with Gasteiger partial charge >= 0.3 is 6.03 Å². The number of urea groups is 1. The molecule has 1 unspecified atom stereocenters. The van der Waals surface area contributed by atoms with Crippen LogP contribution in [0.5, 0.6) is 0 Å².